The van der Waals surface area contributed by atoms with E-state index in [9.17, 15) is 13.6 Å². The summed E-state index contributed by atoms with van der Waals surface area (Å²) < 4.78 is 26.2. The van der Waals surface area contributed by atoms with E-state index >= 15 is 0 Å². The molecule has 1 aromatic heterocycles. The van der Waals surface area contributed by atoms with Crippen molar-refractivity contribution in [3.63, 3.8) is 0 Å². The average molecular weight is 314 g/mol. The summed E-state index contributed by atoms with van der Waals surface area (Å²) in [7, 11) is 0. The third kappa shape index (κ3) is 4.58. The minimum Gasteiger partial charge on any atom is -0.295 e. The van der Waals surface area contributed by atoms with Crippen molar-refractivity contribution in [2.75, 3.05) is 32.7 Å². The molecule has 2 rings (SSSR count). The van der Waals surface area contributed by atoms with Gasteiger partial charge >= 0.3 is 0 Å². The SMILES string of the molecule is CC(C)(C)c1ccc(=O)n(CN2CCN(CC(F)F)CC2)n1. The molecule has 0 aromatic carbocycles. The molecule has 1 aliphatic heterocycles. The minimum atomic E-state index is -2.29. The molecule has 124 valence electrons. The Bertz CT molecular complexity index is 545. The number of hydrogen-bond acceptors (Lipinski definition) is 4. The molecule has 1 aliphatic rings. The Labute approximate surface area is 129 Å². The van der Waals surface area contributed by atoms with Crippen LogP contribution in [0.15, 0.2) is 16.9 Å². The van der Waals surface area contributed by atoms with Gasteiger partial charge in [0.15, 0.2) is 0 Å². The van der Waals surface area contributed by atoms with Crippen molar-refractivity contribution in [1.29, 1.82) is 0 Å². The van der Waals surface area contributed by atoms with Crippen LogP contribution in [0.25, 0.3) is 0 Å². The van der Waals surface area contributed by atoms with E-state index in [4.69, 9.17) is 0 Å². The lowest BCUT2D eigenvalue weighted by Crippen LogP contribution is -2.49. The summed E-state index contributed by atoms with van der Waals surface area (Å²) in [5.41, 5.74) is 0.609. The number of nitrogens with zero attached hydrogens (tertiary/aromatic N) is 4. The van der Waals surface area contributed by atoms with Gasteiger partial charge < -0.3 is 0 Å². The van der Waals surface area contributed by atoms with Crippen LogP contribution in [0.4, 0.5) is 8.78 Å². The van der Waals surface area contributed by atoms with Crippen molar-refractivity contribution in [1.82, 2.24) is 19.6 Å². The summed E-state index contributed by atoms with van der Waals surface area (Å²) in [6, 6.07) is 3.31. The first-order chi connectivity index (χ1) is 10.3. The quantitative estimate of drug-likeness (QED) is 0.842. The van der Waals surface area contributed by atoms with Gasteiger partial charge in [-0.25, -0.2) is 13.5 Å². The Hall–Kier alpha value is -1.34. The highest BCUT2D eigenvalue weighted by molar-refractivity contribution is 5.10. The fraction of sp³-hybridized carbons (Fsp3) is 0.733. The second-order valence-corrected chi connectivity index (χ2v) is 6.76. The molecular formula is C15H24F2N4O. The van der Waals surface area contributed by atoms with E-state index in [1.807, 2.05) is 20.8 Å². The van der Waals surface area contributed by atoms with Crippen molar-refractivity contribution in [3.05, 3.63) is 28.2 Å². The van der Waals surface area contributed by atoms with Gasteiger partial charge in [-0.3, -0.25) is 14.6 Å². The molecule has 0 bridgehead atoms. The van der Waals surface area contributed by atoms with Gasteiger partial charge in [0.25, 0.3) is 12.0 Å². The standard InChI is InChI=1S/C15H24F2N4O/c1-15(2,3)12-4-5-14(22)21(18-12)11-20-8-6-19(7-9-20)10-13(16)17/h4-5,13H,6-11H2,1-3H3. The second-order valence-electron chi connectivity index (χ2n) is 6.76. The lowest BCUT2D eigenvalue weighted by Gasteiger charge is -2.34. The molecule has 0 spiro atoms. The first kappa shape index (κ1) is 17.0. The Morgan fingerprint density at radius 3 is 2.27 bits per heavy atom. The Balaban J connectivity index is 1.99. The maximum atomic E-state index is 12.4. The zero-order valence-corrected chi connectivity index (χ0v) is 13.4. The van der Waals surface area contributed by atoms with E-state index in [1.165, 1.54) is 4.68 Å². The van der Waals surface area contributed by atoms with E-state index in [0.717, 1.165) is 5.69 Å². The highest BCUT2D eigenvalue weighted by atomic mass is 19.3. The summed E-state index contributed by atoms with van der Waals surface area (Å²) in [5, 5.41) is 4.43. The average Bonchev–Trinajstić information content (AvgIpc) is 2.41. The molecular weight excluding hydrogens is 290 g/mol. The Morgan fingerprint density at radius 1 is 1.14 bits per heavy atom. The first-order valence-electron chi connectivity index (χ1n) is 7.57. The highest BCUT2D eigenvalue weighted by Crippen LogP contribution is 2.18. The van der Waals surface area contributed by atoms with Gasteiger partial charge in [0, 0.05) is 37.7 Å². The summed E-state index contributed by atoms with van der Waals surface area (Å²) >= 11 is 0. The van der Waals surface area contributed by atoms with E-state index < -0.39 is 6.43 Å². The molecule has 0 radical (unpaired) electrons. The molecule has 7 heteroatoms. The third-order valence-corrected chi connectivity index (χ3v) is 3.83. The fourth-order valence-corrected chi connectivity index (χ4v) is 2.45. The number of rotatable bonds is 4. The van der Waals surface area contributed by atoms with E-state index in [0.29, 0.717) is 32.8 Å². The largest absolute Gasteiger partial charge is 0.295 e. The topological polar surface area (TPSA) is 41.4 Å². The lowest BCUT2D eigenvalue weighted by molar-refractivity contribution is 0.0455. The van der Waals surface area contributed by atoms with Gasteiger partial charge in [-0.1, -0.05) is 20.8 Å². The van der Waals surface area contributed by atoms with E-state index in [-0.39, 0.29) is 17.5 Å². The summed E-state index contributed by atoms with van der Waals surface area (Å²) in [5.74, 6) is 0. The summed E-state index contributed by atoms with van der Waals surface area (Å²) in [6.07, 6.45) is -2.29. The molecule has 0 unspecified atom stereocenters. The Morgan fingerprint density at radius 2 is 1.73 bits per heavy atom. The van der Waals surface area contributed by atoms with Gasteiger partial charge in [-0.05, 0) is 6.07 Å². The predicted molar refractivity (Wildman–Crippen MR) is 81.2 cm³/mol. The van der Waals surface area contributed by atoms with Gasteiger partial charge in [0.2, 0.25) is 0 Å². The van der Waals surface area contributed by atoms with Crippen LogP contribution in [-0.4, -0.2) is 58.7 Å². The molecule has 2 heterocycles. The van der Waals surface area contributed by atoms with Crippen LogP contribution in [0.1, 0.15) is 26.5 Å². The first-order valence-corrected chi connectivity index (χ1v) is 7.57. The maximum absolute atomic E-state index is 12.4. The smallest absolute Gasteiger partial charge is 0.267 e. The van der Waals surface area contributed by atoms with Crippen LogP contribution < -0.4 is 5.56 Å². The van der Waals surface area contributed by atoms with Crippen LogP contribution in [0.5, 0.6) is 0 Å². The van der Waals surface area contributed by atoms with Gasteiger partial charge in [0.05, 0.1) is 18.9 Å². The number of piperazine rings is 1. The van der Waals surface area contributed by atoms with Crippen LogP contribution in [0.2, 0.25) is 0 Å². The van der Waals surface area contributed by atoms with Crippen LogP contribution >= 0.6 is 0 Å². The van der Waals surface area contributed by atoms with Crippen LogP contribution in [0, 0.1) is 0 Å². The Kier molecular flexibility index (Phi) is 5.28. The molecule has 0 atom stereocenters. The van der Waals surface area contributed by atoms with Crippen molar-refractivity contribution in [2.24, 2.45) is 0 Å². The monoisotopic (exact) mass is 314 g/mol. The lowest BCUT2D eigenvalue weighted by atomic mass is 9.92. The molecule has 22 heavy (non-hydrogen) atoms. The molecule has 0 saturated carbocycles. The molecule has 5 nitrogen and oxygen atoms in total. The zero-order chi connectivity index (χ0) is 16.3. The van der Waals surface area contributed by atoms with Crippen LogP contribution in [0.3, 0.4) is 0 Å². The summed E-state index contributed by atoms with van der Waals surface area (Å²) in [6.45, 7) is 8.90. The maximum Gasteiger partial charge on any atom is 0.267 e. The minimum absolute atomic E-state index is 0.120. The van der Waals surface area contributed by atoms with Crippen molar-refractivity contribution in [2.45, 2.75) is 39.3 Å². The number of aromatic nitrogens is 2. The zero-order valence-electron chi connectivity index (χ0n) is 13.4. The van der Waals surface area contributed by atoms with Crippen molar-refractivity contribution < 1.29 is 8.78 Å². The normalized spacial score (nSPS) is 18.1. The van der Waals surface area contributed by atoms with Crippen molar-refractivity contribution in [3.8, 4) is 0 Å². The van der Waals surface area contributed by atoms with Crippen molar-refractivity contribution >= 4 is 0 Å². The third-order valence-electron chi connectivity index (χ3n) is 3.83. The molecule has 0 aliphatic carbocycles. The molecule has 0 amide bonds. The van der Waals surface area contributed by atoms with Gasteiger partial charge in [-0.15, -0.1) is 0 Å². The van der Waals surface area contributed by atoms with Gasteiger partial charge in [0.1, 0.15) is 0 Å². The van der Waals surface area contributed by atoms with Crippen LogP contribution in [-0.2, 0) is 12.1 Å². The molecule has 1 fully saturated rings. The highest BCUT2D eigenvalue weighted by Gasteiger charge is 2.21. The predicted octanol–water partition coefficient (Wildman–Crippen LogP) is 1.38. The second kappa shape index (κ2) is 6.83. The molecule has 1 aromatic rings. The van der Waals surface area contributed by atoms with E-state index in [2.05, 4.69) is 10.00 Å². The van der Waals surface area contributed by atoms with Gasteiger partial charge in [-0.2, -0.15) is 5.10 Å². The number of alkyl halides is 2. The fourth-order valence-electron chi connectivity index (χ4n) is 2.45. The molecule has 1 saturated heterocycles. The number of hydrogen-bond donors (Lipinski definition) is 0. The number of halogens is 2. The van der Waals surface area contributed by atoms with E-state index in [1.54, 1.807) is 17.0 Å². The molecule has 0 N–H and O–H groups in total. The summed E-state index contributed by atoms with van der Waals surface area (Å²) in [4.78, 5) is 15.8.